The maximum absolute atomic E-state index is 11.3. The normalized spacial score (nSPS) is 12.2. The lowest BCUT2D eigenvalue weighted by molar-refractivity contribution is -0.137. The Morgan fingerprint density at radius 2 is 0.944 bits per heavy atom. The van der Waals surface area contributed by atoms with Crippen molar-refractivity contribution in [2.24, 2.45) is 0 Å². The number of sulfone groups is 2. The van der Waals surface area contributed by atoms with Gasteiger partial charge < -0.3 is 10.2 Å². The Bertz CT molecular complexity index is 453. The van der Waals surface area contributed by atoms with E-state index in [1.54, 1.807) is 0 Å². The number of carboxylic acids is 2. The zero-order chi connectivity index (χ0) is 14.4. The van der Waals surface area contributed by atoms with Crippen LogP contribution in [0.5, 0.6) is 0 Å². The van der Waals surface area contributed by atoms with E-state index in [1.165, 1.54) is 0 Å². The van der Waals surface area contributed by atoms with Gasteiger partial charge in [-0.25, -0.2) is 16.8 Å². The summed E-state index contributed by atoms with van der Waals surface area (Å²) in [6, 6.07) is 0. The van der Waals surface area contributed by atoms with E-state index in [2.05, 4.69) is 0 Å². The minimum Gasteiger partial charge on any atom is -0.481 e. The Hall–Kier alpha value is -1.16. The largest absolute Gasteiger partial charge is 0.481 e. The van der Waals surface area contributed by atoms with Crippen LogP contribution in [0.2, 0.25) is 0 Å². The van der Waals surface area contributed by atoms with Crippen molar-refractivity contribution in [3.63, 3.8) is 0 Å². The van der Waals surface area contributed by atoms with Crippen LogP contribution in [0.4, 0.5) is 0 Å². The van der Waals surface area contributed by atoms with Crippen molar-refractivity contribution in [2.75, 3.05) is 23.0 Å². The molecule has 0 atom stereocenters. The highest BCUT2D eigenvalue weighted by atomic mass is 32.2. The van der Waals surface area contributed by atoms with Crippen LogP contribution in [0.3, 0.4) is 0 Å². The first-order valence-corrected chi connectivity index (χ1v) is 8.53. The fourth-order valence-electron chi connectivity index (χ4n) is 0.944. The summed E-state index contributed by atoms with van der Waals surface area (Å²) in [6.07, 6.45) is -1.17. The molecule has 0 aromatic rings. The van der Waals surface area contributed by atoms with Gasteiger partial charge in [-0.1, -0.05) is 0 Å². The highest BCUT2D eigenvalue weighted by Crippen LogP contribution is 2.00. The number of carboxylic acid groups (broad SMARTS) is 2. The van der Waals surface area contributed by atoms with Crippen LogP contribution >= 0.6 is 0 Å². The standard InChI is InChI=1S/C8H14O8S2/c9-7(10)1-3-17(13,14)5-6-18(15,16)4-2-8(11)12/h1-6H2,(H,9,10)(H,11,12). The molecule has 0 aliphatic heterocycles. The third-order valence-corrected chi connectivity index (χ3v) is 5.52. The quantitative estimate of drug-likeness (QED) is 0.538. The summed E-state index contributed by atoms with van der Waals surface area (Å²) < 4.78 is 45.1. The highest BCUT2D eigenvalue weighted by molar-refractivity contribution is 7.95. The van der Waals surface area contributed by atoms with E-state index >= 15 is 0 Å². The lowest BCUT2D eigenvalue weighted by Gasteiger charge is -2.04. The molecule has 0 amide bonds. The molecule has 10 heteroatoms. The van der Waals surface area contributed by atoms with E-state index in [-0.39, 0.29) is 0 Å². The molecule has 18 heavy (non-hydrogen) atoms. The van der Waals surface area contributed by atoms with E-state index in [0.29, 0.717) is 0 Å². The second kappa shape index (κ2) is 6.69. The van der Waals surface area contributed by atoms with Gasteiger partial charge in [0.1, 0.15) is 0 Å². The maximum Gasteiger partial charge on any atom is 0.304 e. The number of carbonyl (C=O) groups is 2. The average Bonchev–Trinajstić information content (AvgIpc) is 2.22. The molecule has 0 spiro atoms. The van der Waals surface area contributed by atoms with Crippen LogP contribution in [-0.2, 0) is 29.3 Å². The van der Waals surface area contributed by atoms with Gasteiger partial charge in [-0.05, 0) is 0 Å². The molecular weight excluding hydrogens is 288 g/mol. The summed E-state index contributed by atoms with van der Waals surface area (Å²) in [7, 11) is -7.51. The molecule has 8 nitrogen and oxygen atoms in total. The average molecular weight is 302 g/mol. The predicted molar refractivity (Wildman–Crippen MR) is 61.8 cm³/mol. The van der Waals surface area contributed by atoms with Gasteiger partial charge >= 0.3 is 11.9 Å². The number of rotatable bonds is 9. The first-order valence-electron chi connectivity index (χ1n) is 4.88. The molecule has 106 valence electrons. The Morgan fingerprint density at radius 3 is 1.17 bits per heavy atom. The minimum absolute atomic E-state index is 0.586. The van der Waals surface area contributed by atoms with E-state index in [4.69, 9.17) is 10.2 Å². The van der Waals surface area contributed by atoms with E-state index in [1.807, 2.05) is 0 Å². The number of hydrogen-bond donors (Lipinski definition) is 2. The molecule has 0 rings (SSSR count). The Morgan fingerprint density at radius 1 is 0.667 bits per heavy atom. The summed E-state index contributed by atoms with van der Waals surface area (Å²) >= 11 is 0. The number of aliphatic carboxylic acids is 2. The fraction of sp³-hybridized carbons (Fsp3) is 0.750. The van der Waals surface area contributed by atoms with Crippen molar-refractivity contribution < 1.29 is 36.6 Å². The lowest BCUT2D eigenvalue weighted by atomic mass is 10.5. The van der Waals surface area contributed by atoms with E-state index in [0.717, 1.165) is 0 Å². The molecule has 0 aliphatic carbocycles. The topological polar surface area (TPSA) is 143 Å². The molecule has 0 aromatic carbocycles. The van der Waals surface area contributed by atoms with Crippen LogP contribution < -0.4 is 0 Å². The molecule has 0 aliphatic rings. The first-order chi connectivity index (χ1) is 8.04. The predicted octanol–water partition coefficient (Wildman–Crippen LogP) is -1.23. The molecule has 2 N–H and O–H groups in total. The van der Waals surface area contributed by atoms with Crippen LogP contribution in [0.1, 0.15) is 12.8 Å². The summed E-state index contributed by atoms with van der Waals surface area (Å²) in [5.41, 5.74) is 0. The van der Waals surface area contributed by atoms with Gasteiger partial charge in [0.25, 0.3) is 0 Å². The van der Waals surface area contributed by atoms with Crippen LogP contribution in [0.25, 0.3) is 0 Å². The summed E-state index contributed by atoms with van der Waals surface area (Å²) in [6.45, 7) is 0. The van der Waals surface area contributed by atoms with Gasteiger partial charge in [0.2, 0.25) is 0 Å². The second-order valence-electron chi connectivity index (χ2n) is 3.59. The maximum atomic E-state index is 11.3. The van der Waals surface area contributed by atoms with Gasteiger partial charge in [-0.2, -0.15) is 0 Å². The minimum atomic E-state index is -3.76. The molecule has 0 unspecified atom stereocenters. The SMILES string of the molecule is O=C(O)CCS(=O)(=O)CCS(=O)(=O)CCC(=O)O. The van der Waals surface area contributed by atoms with Crippen molar-refractivity contribution in [3.05, 3.63) is 0 Å². The van der Waals surface area contributed by atoms with Gasteiger partial charge in [-0.15, -0.1) is 0 Å². The van der Waals surface area contributed by atoms with Gasteiger partial charge in [0, 0.05) is 0 Å². The monoisotopic (exact) mass is 302 g/mol. The molecule has 0 bridgehead atoms. The lowest BCUT2D eigenvalue weighted by Crippen LogP contribution is -2.23. The van der Waals surface area contributed by atoms with Crippen molar-refractivity contribution in [2.45, 2.75) is 12.8 Å². The second-order valence-corrected chi connectivity index (χ2v) is 8.20. The highest BCUT2D eigenvalue weighted by Gasteiger charge is 2.19. The Kier molecular flexibility index (Phi) is 6.26. The molecule has 0 aromatic heterocycles. The zero-order valence-electron chi connectivity index (χ0n) is 9.40. The van der Waals surface area contributed by atoms with Crippen molar-refractivity contribution in [1.29, 1.82) is 0 Å². The summed E-state index contributed by atoms with van der Waals surface area (Å²) in [5, 5.41) is 16.6. The van der Waals surface area contributed by atoms with Gasteiger partial charge in [-0.3, -0.25) is 9.59 Å². The first kappa shape index (κ1) is 16.8. The number of hydrogen-bond acceptors (Lipinski definition) is 6. The van der Waals surface area contributed by atoms with Crippen molar-refractivity contribution >= 4 is 31.6 Å². The molecule has 0 radical (unpaired) electrons. The third kappa shape index (κ3) is 8.93. The van der Waals surface area contributed by atoms with Crippen LogP contribution in [0.15, 0.2) is 0 Å². The molecule has 0 saturated carbocycles. The molecule has 0 fully saturated rings. The van der Waals surface area contributed by atoms with E-state index in [9.17, 15) is 26.4 Å². The molecular formula is C8H14O8S2. The van der Waals surface area contributed by atoms with Crippen molar-refractivity contribution in [3.8, 4) is 0 Å². The van der Waals surface area contributed by atoms with Crippen LogP contribution in [0, 0.1) is 0 Å². The van der Waals surface area contributed by atoms with Gasteiger partial charge in [0.15, 0.2) is 19.7 Å². The third-order valence-electron chi connectivity index (χ3n) is 1.96. The molecule has 0 saturated heterocycles. The summed E-state index contributed by atoms with van der Waals surface area (Å²) in [5.74, 6) is -5.21. The Balaban J connectivity index is 4.30. The smallest absolute Gasteiger partial charge is 0.304 e. The van der Waals surface area contributed by atoms with Crippen LogP contribution in [-0.4, -0.2) is 62.0 Å². The van der Waals surface area contributed by atoms with Gasteiger partial charge in [0.05, 0.1) is 35.9 Å². The zero-order valence-corrected chi connectivity index (χ0v) is 11.0. The molecule has 0 heterocycles. The van der Waals surface area contributed by atoms with E-state index < -0.39 is 67.5 Å². The fourth-order valence-corrected chi connectivity index (χ4v) is 4.35. The van der Waals surface area contributed by atoms with Crippen molar-refractivity contribution in [1.82, 2.24) is 0 Å². The Labute approximate surface area is 104 Å². The summed E-state index contributed by atoms with van der Waals surface area (Å²) in [4.78, 5) is 20.4.